The Kier molecular flexibility index (Phi) is 6.26. The lowest BCUT2D eigenvalue weighted by atomic mass is 9.96. The summed E-state index contributed by atoms with van der Waals surface area (Å²) < 4.78 is 18.0. The largest absolute Gasteiger partial charge is 0.466 e. The molecule has 3 heterocycles. The predicted molar refractivity (Wildman–Crippen MR) is 131 cm³/mol. The van der Waals surface area contributed by atoms with Crippen molar-refractivity contribution in [2.45, 2.75) is 18.9 Å². The van der Waals surface area contributed by atoms with Crippen LogP contribution in [0.3, 0.4) is 0 Å². The lowest BCUT2D eigenvalue weighted by Crippen LogP contribution is -2.26. The van der Waals surface area contributed by atoms with E-state index in [1.54, 1.807) is 31.6 Å². The van der Waals surface area contributed by atoms with E-state index in [4.69, 9.17) is 19.2 Å². The quantitative estimate of drug-likeness (QED) is 0.482. The second kappa shape index (κ2) is 9.80. The maximum atomic E-state index is 11.8. The molecule has 0 bridgehead atoms. The summed E-state index contributed by atoms with van der Waals surface area (Å²) in [5.41, 5.74) is 2.34. The molecular weight excluding hydrogens is 452 g/mol. The molecule has 1 unspecified atom stereocenters. The number of hydrogen-bond acceptors (Lipinski definition) is 8. The fourth-order valence-electron chi connectivity index (χ4n) is 3.63. The van der Waals surface area contributed by atoms with Gasteiger partial charge in [0.25, 0.3) is 5.91 Å². The average molecular weight is 475 g/mol. The number of fused-ring (bicyclic) bond motifs is 1. The van der Waals surface area contributed by atoms with Gasteiger partial charge in [-0.15, -0.1) is 0 Å². The highest BCUT2D eigenvalue weighted by Crippen LogP contribution is 2.34. The molecule has 0 radical (unpaired) electrons. The monoisotopic (exact) mass is 474 g/mol. The van der Waals surface area contributed by atoms with Crippen LogP contribution in [0, 0.1) is 0 Å². The van der Waals surface area contributed by atoms with Gasteiger partial charge < -0.3 is 24.8 Å². The van der Waals surface area contributed by atoms with Crippen LogP contribution in [-0.4, -0.2) is 29.0 Å². The Morgan fingerprint density at radius 1 is 1.21 bits per heavy atom. The fourth-order valence-corrected chi connectivity index (χ4v) is 4.56. The van der Waals surface area contributed by atoms with Crippen molar-refractivity contribution in [2.75, 3.05) is 12.4 Å². The summed E-state index contributed by atoms with van der Waals surface area (Å²) >= 11 is 1.52. The first-order chi connectivity index (χ1) is 16.7. The standard InChI is InChI=1S/C25H22N4O4S/c1-26-24(30)20-13-18(9-10-27-20)33-17-7-8-19-22(14-17)34-25(28-19)29-23(16-5-3-2-4-6-16)21-15-31-11-12-32-21/h2-3,5,7-15,23H,4,6H2,1H3,(H,26,30)(H,28,29). The number of hydrogen-bond donors (Lipinski definition) is 2. The number of carbonyl (C=O) groups is 1. The van der Waals surface area contributed by atoms with Gasteiger partial charge in [-0.1, -0.05) is 29.6 Å². The van der Waals surface area contributed by atoms with Crippen molar-refractivity contribution in [3.05, 3.63) is 90.6 Å². The van der Waals surface area contributed by atoms with Gasteiger partial charge in [-0.05, 0) is 36.6 Å². The second-order valence-electron chi connectivity index (χ2n) is 7.54. The van der Waals surface area contributed by atoms with Crippen LogP contribution in [0.15, 0.2) is 84.9 Å². The summed E-state index contributed by atoms with van der Waals surface area (Å²) in [6.45, 7) is 0. The molecule has 172 valence electrons. The molecule has 0 fully saturated rings. The lowest BCUT2D eigenvalue weighted by molar-refractivity contribution is 0.0958. The van der Waals surface area contributed by atoms with Crippen molar-refractivity contribution >= 4 is 32.6 Å². The van der Waals surface area contributed by atoms with E-state index >= 15 is 0 Å². The molecule has 1 aromatic carbocycles. The summed E-state index contributed by atoms with van der Waals surface area (Å²) in [7, 11) is 1.56. The SMILES string of the molecule is CNC(=O)c1cc(Oc2ccc3nc(NC(C4=CC=CCC4)C4=COC=CO4)sc3c2)ccn1. The van der Waals surface area contributed by atoms with E-state index in [1.165, 1.54) is 29.4 Å². The van der Waals surface area contributed by atoms with Crippen LogP contribution in [-0.2, 0) is 9.47 Å². The Bertz CT molecular complexity index is 1340. The number of pyridine rings is 1. The van der Waals surface area contributed by atoms with Gasteiger partial charge in [0.05, 0.1) is 10.2 Å². The molecule has 0 saturated heterocycles. The highest BCUT2D eigenvalue weighted by molar-refractivity contribution is 7.22. The van der Waals surface area contributed by atoms with Crippen LogP contribution in [0.2, 0.25) is 0 Å². The van der Waals surface area contributed by atoms with Gasteiger partial charge in [0.1, 0.15) is 42.0 Å². The summed E-state index contributed by atoms with van der Waals surface area (Å²) in [6, 6.07) is 8.82. The first kappa shape index (κ1) is 21.7. The minimum absolute atomic E-state index is 0.189. The lowest BCUT2D eigenvalue weighted by Gasteiger charge is -2.25. The van der Waals surface area contributed by atoms with Gasteiger partial charge in [0.15, 0.2) is 10.9 Å². The van der Waals surface area contributed by atoms with Crippen LogP contribution in [0.4, 0.5) is 5.13 Å². The number of ether oxygens (including phenoxy) is 3. The Morgan fingerprint density at radius 3 is 2.91 bits per heavy atom. The number of rotatable bonds is 7. The number of aromatic nitrogens is 2. The van der Waals surface area contributed by atoms with Gasteiger partial charge in [-0.2, -0.15) is 0 Å². The van der Waals surface area contributed by atoms with E-state index < -0.39 is 0 Å². The number of anilines is 1. The highest BCUT2D eigenvalue weighted by atomic mass is 32.1. The fraction of sp³-hybridized carbons (Fsp3) is 0.160. The molecule has 5 rings (SSSR count). The number of thiazole rings is 1. The zero-order chi connectivity index (χ0) is 23.3. The molecule has 2 aromatic heterocycles. The van der Waals surface area contributed by atoms with Crippen molar-refractivity contribution < 1.29 is 19.0 Å². The molecule has 34 heavy (non-hydrogen) atoms. The Balaban J connectivity index is 1.38. The summed E-state index contributed by atoms with van der Waals surface area (Å²) in [5.74, 6) is 1.58. The van der Waals surface area contributed by atoms with Gasteiger partial charge in [0, 0.05) is 25.4 Å². The number of nitrogens with zero attached hydrogens (tertiary/aromatic N) is 2. The highest BCUT2D eigenvalue weighted by Gasteiger charge is 2.24. The molecule has 2 aliphatic rings. The Morgan fingerprint density at radius 2 is 2.12 bits per heavy atom. The van der Waals surface area contributed by atoms with Gasteiger partial charge in [-0.3, -0.25) is 9.78 Å². The summed E-state index contributed by atoms with van der Waals surface area (Å²) in [4.78, 5) is 20.6. The topological polar surface area (TPSA) is 94.6 Å². The molecule has 3 aromatic rings. The van der Waals surface area contributed by atoms with Gasteiger partial charge >= 0.3 is 0 Å². The molecule has 1 amide bonds. The molecule has 9 heteroatoms. The van der Waals surface area contributed by atoms with E-state index in [2.05, 4.69) is 33.8 Å². The molecule has 8 nitrogen and oxygen atoms in total. The molecule has 1 aliphatic heterocycles. The normalized spacial score (nSPS) is 15.6. The Hall–Kier alpha value is -4.11. The zero-order valence-electron chi connectivity index (χ0n) is 18.4. The molecular formula is C25H22N4O4S. The van der Waals surface area contributed by atoms with E-state index in [1.807, 2.05) is 18.2 Å². The van der Waals surface area contributed by atoms with Crippen LogP contribution in [0.1, 0.15) is 23.3 Å². The van der Waals surface area contributed by atoms with Crippen molar-refractivity contribution in [1.82, 2.24) is 15.3 Å². The van der Waals surface area contributed by atoms with E-state index in [0.29, 0.717) is 23.0 Å². The van der Waals surface area contributed by atoms with Crippen LogP contribution in [0.5, 0.6) is 11.5 Å². The third-order valence-corrected chi connectivity index (χ3v) is 6.23. The number of carbonyl (C=O) groups excluding carboxylic acids is 1. The number of amides is 1. The first-order valence-electron chi connectivity index (χ1n) is 10.8. The zero-order valence-corrected chi connectivity index (χ0v) is 19.2. The molecule has 1 aliphatic carbocycles. The van der Waals surface area contributed by atoms with E-state index in [0.717, 1.165) is 28.2 Å². The smallest absolute Gasteiger partial charge is 0.269 e. The summed E-state index contributed by atoms with van der Waals surface area (Å²) in [5, 5.41) is 6.83. The van der Waals surface area contributed by atoms with Gasteiger partial charge in [-0.25, -0.2) is 4.98 Å². The third-order valence-electron chi connectivity index (χ3n) is 5.28. The Labute approximate surface area is 200 Å². The minimum Gasteiger partial charge on any atom is -0.466 e. The predicted octanol–water partition coefficient (Wildman–Crippen LogP) is 5.26. The van der Waals surface area contributed by atoms with Crippen LogP contribution >= 0.6 is 11.3 Å². The maximum absolute atomic E-state index is 11.8. The van der Waals surface area contributed by atoms with Gasteiger partial charge in [0.2, 0.25) is 0 Å². The van der Waals surface area contributed by atoms with Crippen LogP contribution < -0.4 is 15.4 Å². The van der Waals surface area contributed by atoms with Crippen molar-refractivity contribution in [3.8, 4) is 11.5 Å². The molecule has 2 N–H and O–H groups in total. The second-order valence-corrected chi connectivity index (χ2v) is 8.57. The van der Waals surface area contributed by atoms with Crippen molar-refractivity contribution in [1.29, 1.82) is 0 Å². The van der Waals surface area contributed by atoms with Crippen molar-refractivity contribution in [3.63, 3.8) is 0 Å². The minimum atomic E-state index is -0.268. The average Bonchev–Trinajstić information content (AvgIpc) is 3.30. The number of allylic oxidation sites excluding steroid dienone is 3. The third kappa shape index (κ3) is 4.79. The number of nitrogens with one attached hydrogen (secondary N) is 2. The summed E-state index contributed by atoms with van der Waals surface area (Å²) in [6.07, 6.45) is 14.4. The van der Waals surface area contributed by atoms with E-state index in [-0.39, 0.29) is 11.9 Å². The van der Waals surface area contributed by atoms with Crippen molar-refractivity contribution in [2.24, 2.45) is 0 Å². The van der Waals surface area contributed by atoms with E-state index in [9.17, 15) is 4.79 Å². The number of benzene rings is 1. The molecule has 0 saturated carbocycles. The maximum Gasteiger partial charge on any atom is 0.269 e. The molecule has 0 spiro atoms. The first-order valence-corrected chi connectivity index (χ1v) is 11.6. The molecule has 1 atom stereocenters. The van der Waals surface area contributed by atoms with Crippen LogP contribution in [0.25, 0.3) is 10.2 Å².